The highest BCUT2D eigenvalue weighted by atomic mass is 16.4. The van der Waals surface area contributed by atoms with Gasteiger partial charge in [-0.25, -0.2) is 4.98 Å². The van der Waals surface area contributed by atoms with E-state index in [4.69, 9.17) is 4.42 Å². The zero-order chi connectivity index (χ0) is 14.0. The molecule has 4 nitrogen and oxygen atoms in total. The van der Waals surface area contributed by atoms with E-state index < -0.39 is 0 Å². The number of hydrogen-bond acceptors (Lipinski definition) is 4. The van der Waals surface area contributed by atoms with Crippen LogP contribution in [0.15, 0.2) is 10.6 Å². The minimum atomic E-state index is 0.258. The normalized spacial score (nSPS) is 30.5. The third-order valence-electron chi connectivity index (χ3n) is 4.58. The molecule has 19 heavy (non-hydrogen) atoms. The number of oxazole rings is 1. The van der Waals surface area contributed by atoms with Crippen LogP contribution in [0.2, 0.25) is 0 Å². The fraction of sp³-hybridized carbons (Fsp3) is 0.800. The molecular formula is C15H27N3O. The molecule has 2 rings (SSSR count). The highest BCUT2D eigenvalue weighted by molar-refractivity contribution is 4.99. The average molecular weight is 265 g/mol. The lowest BCUT2D eigenvalue weighted by Crippen LogP contribution is -2.53. The van der Waals surface area contributed by atoms with Crippen molar-refractivity contribution in [3.8, 4) is 0 Å². The molecule has 0 spiro atoms. The molecule has 0 saturated carbocycles. The number of rotatable bonds is 4. The van der Waals surface area contributed by atoms with Crippen LogP contribution in [0.25, 0.3) is 0 Å². The quantitative estimate of drug-likeness (QED) is 0.909. The minimum Gasteiger partial charge on any atom is -0.444 e. The highest BCUT2D eigenvalue weighted by Crippen LogP contribution is 2.31. The molecule has 1 aromatic heterocycles. The Morgan fingerprint density at radius 1 is 1.53 bits per heavy atom. The minimum absolute atomic E-state index is 0.258. The summed E-state index contributed by atoms with van der Waals surface area (Å²) in [6.45, 7) is 13.1. The van der Waals surface area contributed by atoms with Gasteiger partial charge in [-0.2, -0.15) is 0 Å². The van der Waals surface area contributed by atoms with E-state index >= 15 is 0 Å². The van der Waals surface area contributed by atoms with Crippen molar-refractivity contribution in [2.45, 2.75) is 59.2 Å². The van der Waals surface area contributed by atoms with E-state index in [1.807, 2.05) is 13.1 Å². The van der Waals surface area contributed by atoms with Gasteiger partial charge in [-0.05, 0) is 39.7 Å². The monoisotopic (exact) mass is 265 g/mol. The van der Waals surface area contributed by atoms with Crippen molar-refractivity contribution in [2.24, 2.45) is 5.92 Å². The van der Waals surface area contributed by atoms with Gasteiger partial charge in [0, 0.05) is 18.6 Å². The molecule has 1 aliphatic heterocycles. The summed E-state index contributed by atoms with van der Waals surface area (Å²) in [4.78, 5) is 6.90. The summed E-state index contributed by atoms with van der Waals surface area (Å²) >= 11 is 0. The van der Waals surface area contributed by atoms with E-state index in [-0.39, 0.29) is 6.04 Å². The summed E-state index contributed by atoms with van der Waals surface area (Å²) < 4.78 is 5.69. The Labute approximate surface area is 116 Å². The van der Waals surface area contributed by atoms with Crippen molar-refractivity contribution < 1.29 is 4.42 Å². The molecule has 1 fully saturated rings. The van der Waals surface area contributed by atoms with E-state index in [0.29, 0.717) is 18.0 Å². The maximum Gasteiger partial charge on any atom is 0.211 e. The molecular weight excluding hydrogens is 238 g/mol. The lowest BCUT2D eigenvalue weighted by Gasteiger charge is -2.45. The van der Waals surface area contributed by atoms with Crippen molar-refractivity contribution in [3.63, 3.8) is 0 Å². The van der Waals surface area contributed by atoms with Gasteiger partial charge in [-0.1, -0.05) is 13.8 Å². The smallest absolute Gasteiger partial charge is 0.211 e. The molecule has 108 valence electrons. The van der Waals surface area contributed by atoms with E-state index in [1.54, 1.807) is 0 Å². The van der Waals surface area contributed by atoms with Gasteiger partial charge in [0.15, 0.2) is 0 Å². The summed E-state index contributed by atoms with van der Waals surface area (Å²) in [6.07, 6.45) is 3.01. The third-order valence-corrected chi connectivity index (χ3v) is 4.58. The van der Waals surface area contributed by atoms with Crippen LogP contribution in [-0.2, 0) is 0 Å². The molecule has 4 atom stereocenters. The molecule has 1 aliphatic rings. The van der Waals surface area contributed by atoms with Crippen molar-refractivity contribution >= 4 is 0 Å². The topological polar surface area (TPSA) is 41.3 Å². The van der Waals surface area contributed by atoms with Gasteiger partial charge in [0.25, 0.3) is 0 Å². The molecule has 1 aromatic rings. The summed E-state index contributed by atoms with van der Waals surface area (Å²) in [5, 5.41) is 3.60. The Hall–Kier alpha value is -0.870. The Morgan fingerprint density at radius 3 is 2.84 bits per heavy atom. The second-order valence-electron chi connectivity index (χ2n) is 5.78. The van der Waals surface area contributed by atoms with E-state index in [1.165, 1.54) is 6.42 Å². The van der Waals surface area contributed by atoms with E-state index in [9.17, 15) is 0 Å². The van der Waals surface area contributed by atoms with Crippen LogP contribution in [0.5, 0.6) is 0 Å². The molecule has 4 heteroatoms. The summed E-state index contributed by atoms with van der Waals surface area (Å²) in [7, 11) is 0. The average Bonchev–Trinajstić information content (AvgIpc) is 2.81. The first-order valence-electron chi connectivity index (χ1n) is 7.46. The van der Waals surface area contributed by atoms with E-state index in [2.05, 4.69) is 42.9 Å². The highest BCUT2D eigenvalue weighted by Gasteiger charge is 2.35. The lowest BCUT2D eigenvalue weighted by atomic mass is 9.86. The van der Waals surface area contributed by atoms with Gasteiger partial charge in [0.1, 0.15) is 5.76 Å². The maximum absolute atomic E-state index is 5.69. The fourth-order valence-electron chi connectivity index (χ4n) is 3.20. The molecule has 0 aliphatic carbocycles. The van der Waals surface area contributed by atoms with Crippen molar-refractivity contribution in [3.05, 3.63) is 17.8 Å². The lowest BCUT2D eigenvalue weighted by molar-refractivity contribution is 0.0428. The van der Waals surface area contributed by atoms with Gasteiger partial charge < -0.3 is 9.73 Å². The fourth-order valence-corrected chi connectivity index (χ4v) is 3.20. The summed E-state index contributed by atoms with van der Waals surface area (Å²) in [5.41, 5.74) is 0. The molecule has 1 saturated heterocycles. The standard InChI is InChI=1S/C15H27N3O/c1-6-16-14-7-8-18(12(4)11(14)3)13(5)15-17-9-10(2)19-15/h9,11-14,16H,6-8H2,1-5H3. The van der Waals surface area contributed by atoms with Gasteiger partial charge in [0.05, 0.1) is 12.2 Å². The predicted molar refractivity (Wildman–Crippen MR) is 77.1 cm³/mol. The first kappa shape index (κ1) is 14.5. The largest absolute Gasteiger partial charge is 0.444 e. The molecule has 4 unspecified atom stereocenters. The van der Waals surface area contributed by atoms with Crippen LogP contribution in [0.3, 0.4) is 0 Å². The number of aryl methyl sites for hydroxylation is 1. The summed E-state index contributed by atoms with van der Waals surface area (Å²) in [6, 6.07) is 1.43. The first-order chi connectivity index (χ1) is 9.04. The van der Waals surface area contributed by atoms with Crippen molar-refractivity contribution in [1.29, 1.82) is 0 Å². The Balaban J connectivity index is 2.05. The number of likely N-dealkylation sites (tertiary alicyclic amines) is 1. The van der Waals surface area contributed by atoms with Crippen LogP contribution >= 0.6 is 0 Å². The van der Waals surface area contributed by atoms with Gasteiger partial charge in [-0.15, -0.1) is 0 Å². The Morgan fingerprint density at radius 2 is 2.26 bits per heavy atom. The number of nitrogens with one attached hydrogen (secondary N) is 1. The van der Waals surface area contributed by atoms with Crippen molar-refractivity contribution in [1.82, 2.24) is 15.2 Å². The first-order valence-corrected chi connectivity index (χ1v) is 7.46. The summed E-state index contributed by atoms with van der Waals surface area (Å²) in [5.74, 6) is 2.38. The van der Waals surface area contributed by atoms with Gasteiger partial charge >= 0.3 is 0 Å². The van der Waals surface area contributed by atoms with Crippen molar-refractivity contribution in [2.75, 3.05) is 13.1 Å². The maximum atomic E-state index is 5.69. The predicted octanol–water partition coefficient (Wildman–Crippen LogP) is 2.75. The van der Waals surface area contributed by atoms with Crippen LogP contribution < -0.4 is 5.32 Å². The Kier molecular flexibility index (Phi) is 4.63. The van der Waals surface area contributed by atoms with Gasteiger partial charge in [-0.3, -0.25) is 4.90 Å². The number of nitrogens with zero attached hydrogens (tertiary/aromatic N) is 2. The molecule has 0 amide bonds. The third kappa shape index (κ3) is 3.00. The second-order valence-corrected chi connectivity index (χ2v) is 5.78. The van der Waals surface area contributed by atoms with Crippen LogP contribution in [0.4, 0.5) is 0 Å². The van der Waals surface area contributed by atoms with Gasteiger partial charge in [0.2, 0.25) is 5.89 Å². The second kappa shape index (κ2) is 6.06. The molecule has 0 bridgehead atoms. The molecule has 2 heterocycles. The SMILES string of the molecule is CCNC1CCN(C(C)c2ncc(C)o2)C(C)C1C. The molecule has 1 N–H and O–H groups in total. The zero-order valence-corrected chi connectivity index (χ0v) is 12.8. The van der Waals surface area contributed by atoms with Crippen LogP contribution in [0, 0.1) is 12.8 Å². The number of piperidine rings is 1. The molecule has 0 radical (unpaired) electrons. The van der Waals surface area contributed by atoms with Crippen LogP contribution in [0.1, 0.15) is 51.8 Å². The Bertz CT molecular complexity index is 404. The molecule has 0 aromatic carbocycles. The number of hydrogen-bond donors (Lipinski definition) is 1. The van der Waals surface area contributed by atoms with E-state index in [0.717, 1.165) is 24.7 Å². The zero-order valence-electron chi connectivity index (χ0n) is 12.8. The van der Waals surface area contributed by atoms with Crippen LogP contribution in [-0.4, -0.2) is 35.1 Å². The number of aromatic nitrogens is 1.